The number of nitrogens with zero attached hydrogens (tertiary/aromatic N) is 9. The maximum absolute atomic E-state index is 3.98. The molecule has 12 nitrogen and oxygen atoms in total. The topological polar surface area (TPSA) is 167 Å². The number of rotatable bonds is 3. The van der Waals surface area contributed by atoms with Gasteiger partial charge in [0.15, 0.2) is 0 Å². The van der Waals surface area contributed by atoms with Crippen LogP contribution in [-0.4, -0.2) is 44.9 Å². The van der Waals surface area contributed by atoms with Gasteiger partial charge in [0, 0.05) is 37.2 Å². The van der Waals surface area contributed by atoms with Gasteiger partial charge in [0.1, 0.15) is 17.5 Å². The van der Waals surface area contributed by atoms with Crippen LogP contribution in [-0.2, 0) is 16.5 Å². The van der Waals surface area contributed by atoms with Gasteiger partial charge in [-0.05, 0) is 17.5 Å². The van der Waals surface area contributed by atoms with E-state index in [1.165, 1.54) is 0 Å². The maximum Gasteiger partial charge on any atom is 2.00 e. The summed E-state index contributed by atoms with van der Waals surface area (Å²) in [6.45, 7) is 0. The van der Waals surface area contributed by atoms with Crippen LogP contribution in [0.2, 0.25) is 0 Å². The summed E-state index contributed by atoms with van der Waals surface area (Å²) in [5.41, 5.74) is 0. The Balaban J connectivity index is 0.000000165. The molecular formula is C18H15CsN12Ni. The SMILES string of the molecule is [Cs+].[Ni+2].c1c[n-]c(-c2ncc[nH]2)n1.c1c[n-]c(-c2ncc[nH]2)n1.c1c[n-]c(-c2ncc[nH]2)n1. The molecule has 14 heteroatoms. The standard InChI is InChI=1S/3C6H5N4.Cs.Ni/c3*1-2-8-5(7-1)6-9-3-4-10-6;;/h3*1-4H,(H-,7,8,9,10);;/q3*-1;+1;+2. The third-order valence-electron chi connectivity index (χ3n) is 3.51. The van der Waals surface area contributed by atoms with Crippen molar-refractivity contribution in [3.05, 3.63) is 74.4 Å². The smallest absolute Gasteiger partial charge is 0.440 e. The zero-order chi connectivity index (χ0) is 20.4. The summed E-state index contributed by atoms with van der Waals surface area (Å²) in [7, 11) is 0. The normalized spacial score (nSPS) is 9.38. The van der Waals surface area contributed by atoms with Crippen molar-refractivity contribution in [2.75, 3.05) is 0 Å². The van der Waals surface area contributed by atoms with Crippen molar-refractivity contribution in [1.82, 2.24) is 59.8 Å². The molecule has 0 saturated heterocycles. The van der Waals surface area contributed by atoms with Crippen LogP contribution in [0.5, 0.6) is 0 Å². The maximum atomic E-state index is 3.98. The first kappa shape index (κ1) is 26.1. The molecule has 6 heterocycles. The van der Waals surface area contributed by atoms with Crippen LogP contribution in [0.25, 0.3) is 34.9 Å². The molecule has 0 spiro atoms. The van der Waals surface area contributed by atoms with Crippen molar-refractivity contribution in [1.29, 1.82) is 0 Å². The van der Waals surface area contributed by atoms with Gasteiger partial charge in [0.2, 0.25) is 0 Å². The van der Waals surface area contributed by atoms with Crippen LogP contribution in [0.4, 0.5) is 0 Å². The average molecular weight is 591 g/mol. The zero-order valence-electron chi connectivity index (χ0n) is 16.8. The van der Waals surface area contributed by atoms with E-state index in [0.29, 0.717) is 34.9 Å². The Hall–Kier alpha value is -2.19. The Labute approximate surface area is 251 Å². The number of hydrogen-bond donors (Lipinski definition) is 3. The van der Waals surface area contributed by atoms with Crippen molar-refractivity contribution in [2.24, 2.45) is 0 Å². The van der Waals surface area contributed by atoms with E-state index in [2.05, 4.69) is 59.8 Å². The fraction of sp³-hybridized carbons (Fsp3) is 0. The van der Waals surface area contributed by atoms with Gasteiger partial charge in [0.05, 0.1) is 0 Å². The quantitative estimate of drug-likeness (QED) is 0.203. The molecule has 6 rings (SSSR count). The van der Waals surface area contributed by atoms with E-state index in [9.17, 15) is 0 Å². The van der Waals surface area contributed by atoms with Gasteiger partial charge in [0.25, 0.3) is 0 Å². The third kappa shape index (κ3) is 7.44. The van der Waals surface area contributed by atoms with Crippen LogP contribution < -0.4 is 83.8 Å². The second kappa shape index (κ2) is 14.1. The van der Waals surface area contributed by atoms with E-state index >= 15 is 0 Å². The molecular weight excluding hydrogens is 576 g/mol. The molecule has 6 aromatic heterocycles. The predicted octanol–water partition coefficient (Wildman–Crippen LogP) is -1.71. The fourth-order valence-corrected chi connectivity index (χ4v) is 2.25. The first-order valence-electron chi connectivity index (χ1n) is 8.70. The van der Waals surface area contributed by atoms with E-state index in [0.717, 1.165) is 0 Å². The summed E-state index contributed by atoms with van der Waals surface area (Å²) in [4.78, 5) is 44.4. The minimum absolute atomic E-state index is 0. The van der Waals surface area contributed by atoms with E-state index in [4.69, 9.17) is 0 Å². The summed E-state index contributed by atoms with van der Waals surface area (Å²) in [5.74, 6) is 4.07. The van der Waals surface area contributed by atoms with Gasteiger partial charge in [-0.25, -0.2) is 15.0 Å². The number of aromatic nitrogens is 12. The van der Waals surface area contributed by atoms with E-state index in [-0.39, 0.29) is 85.4 Å². The fourth-order valence-electron chi connectivity index (χ4n) is 2.25. The molecule has 32 heavy (non-hydrogen) atoms. The molecule has 0 aliphatic carbocycles. The van der Waals surface area contributed by atoms with Crippen molar-refractivity contribution in [2.45, 2.75) is 0 Å². The van der Waals surface area contributed by atoms with Crippen molar-refractivity contribution < 1.29 is 85.4 Å². The van der Waals surface area contributed by atoms with Crippen LogP contribution in [0.15, 0.2) is 74.4 Å². The second-order valence-corrected chi connectivity index (χ2v) is 5.45. The van der Waals surface area contributed by atoms with Crippen LogP contribution in [0.1, 0.15) is 0 Å². The molecule has 6 aromatic rings. The molecule has 0 aliphatic heterocycles. The summed E-state index contributed by atoms with van der Waals surface area (Å²) >= 11 is 0. The molecule has 0 aromatic carbocycles. The first-order chi connectivity index (χ1) is 14.9. The number of H-pyrrole nitrogens is 3. The molecule has 3 N–H and O–H groups in total. The largest absolute Gasteiger partial charge is 2.00 e. The molecule has 0 unspecified atom stereocenters. The van der Waals surface area contributed by atoms with Crippen LogP contribution in [0, 0.1) is 0 Å². The zero-order valence-corrected chi connectivity index (χ0v) is 24.0. The molecule has 158 valence electrons. The van der Waals surface area contributed by atoms with Crippen molar-refractivity contribution >= 4 is 0 Å². The Bertz CT molecular complexity index is 914. The van der Waals surface area contributed by atoms with Gasteiger partial charge in [-0.1, -0.05) is 37.2 Å². The number of hydrogen-bond acceptors (Lipinski definition) is 6. The number of aromatic amines is 3. The molecule has 0 fully saturated rings. The van der Waals surface area contributed by atoms with Gasteiger partial charge in [-0.2, -0.15) is 0 Å². The molecule has 0 bridgehead atoms. The second-order valence-electron chi connectivity index (χ2n) is 5.45. The molecule has 0 saturated carbocycles. The van der Waals surface area contributed by atoms with E-state index in [1.54, 1.807) is 74.4 Å². The van der Waals surface area contributed by atoms with Crippen LogP contribution >= 0.6 is 0 Å². The van der Waals surface area contributed by atoms with Crippen LogP contribution in [0.3, 0.4) is 0 Å². The van der Waals surface area contributed by atoms with E-state index < -0.39 is 0 Å². The minimum Gasteiger partial charge on any atom is -0.440 e. The third-order valence-corrected chi connectivity index (χ3v) is 3.51. The average Bonchev–Trinajstić information content (AvgIpc) is 3.66. The summed E-state index contributed by atoms with van der Waals surface area (Å²) in [6.07, 6.45) is 20.1. The predicted molar refractivity (Wildman–Crippen MR) is 105 cm³/mol. The summed E-state index contributed by atoms with van der Waals surface area (Å²) in [6, 6.07) is 0. The van der Waals surface area contributed by atoms with Crippen molar-refractivity contribution in [3.8, 4) is 34.9 Å². The van der Waals surface area contributed by atoms with E-state index in [1.807, 2.05) is 0 Å². The Morgan fingerprint density at radius 2 is 0.781 bits per heavy atom. The Morgan fingerprint density at radius 1 is 0.469 bits per heavy atom. The number of imidazole rings is 6. The Kier molecular flexibility index (Phi) is 11.4. The molecule has 0 atom stereocenters. The molecule has 0 radical (unpaired) electrons. The summed E-state index contributed by atoms with van der Waals surface area (Å²) in [5, 5.41) is 0. The van der Waals surface area contributed by atoms with Crippen molar-refractivity contribution in [3.63, 3.8) is 0 Å². The van der Waals surface area contributed by atoms with Gasteiger partial charge >= 0.3 is 85.4 Å². The first-order valence-corrected chi connectivity index (χ1v) is 8.70. The molecule has 0 aliphatic rings. The summed E-state index contributed by atoms with van der Waals surface area (Å²) < 4.78 is 0. The number of nitrogens with one attached hydrogen (secondary N) is 3. The van der Waals surface area contributed by atoms with Gasteiger partial charge < -0.3 is 44.9 Å². The monoisotopic (exact) mass is 590 g/mol. The molecule has 0 amide bonds. The minimum atomic E-state index is 0. The van der Waals surface area contributed by atoms with Gasteiger partial charge in [-0.15, -0.1) is 0 Å². The Morgan fingerprint density at radius 3 is 0.969 bits per heavy atom. The van der Waals surface area contributed by atoms with Gasteiger partial charge in [-0.3, -0.25) is 0 Å².